The van der Waals surface area contributed by atoms with Gasteiger partial charge in [0.05, 0.1) is 6.54 Å². The normalized spacial score (nSPS) is 28.1. The Bertz CT molecular complexity index is 543. The average molecular weight is 301 g/mol. The summed E-state index contributed by atoms with van der Waals surface area (Å²) in [4.78, 5) is 14.5. The van der Waals surface area contributed by atoms with Crippen molar-refractivity contribution in [1.29, 1.82) is 0 Å². The Morgan fingerprint density at radius 3 is 2.91 bits per heavy atom. The van der Waals surface area contributed by atoms with Gasteiger partial charge < -0.3 is 11.1 Å². The molecule has 2 aliphatic rings. The molecule has 4 nitrogen and oxygen atoms in total. The van der Waals surface area contributed by atoms with Gasteiger partial charge in [-0.15, -0.1) is 0 Å². The van der Waals surface area contributed by atoms with Gasteiger partial charge in [-0.25, -0.2) is 0 Å². The third kappa shape index (κ3) is 3.33. The Morgan fingerprint density at radius 1 is 1.36 bits per heavy atom. The van der Waals surface area contributed by atoms with Crippen LogP contribution >= 0.6 is 0 Å². The molecule has 2 fully saturated rings. The van der Waals surface area contributed by atoms with Crippen molar-refractivity contribution in [3.8, 4) is 0 Å². The van der Waals surface area contributed by atoms with Crippen molar-refractivity contribution in [2.45, 2.75) is 38.6 Å². The fraction of sp³-hybridized carbons (Fsp3) is 0.611. The maximum atomic E-state index is 12.3. The summed E-state index contributed by atoms with van der Waals surface area (Å²) in [5.74, 6) is 1.84. The lowest BCUT2D eigenvalue weighted by Crippen LogP contribution is -2.34. The lowest BCUT2D eigenvalue weighted by atomic mass is 9.98. The summed E-state index contributed by atoms with van der Waals surface area (Å²) in [5, 5.41) is 3.03. The van der Waals surface area contributed by atoms with Crippen LogP contribution in [0.25, 0.3) is 0 Å². The minimum absolute atomic E-state index is 0.0782. The molecule has 3 rings (SSSR count). The maximum Gasteiger partial charge on any atom is 0.238 e. The predicted octanol–water partition coefficient (Wildman–Crippen LogP) is 2.42. The van der Waals surface area contributed by atoms with Crippen molar-refractivity contribution in [3.05, 3.63) is 29.8 Å². The Morgan fingerprint density at radius 2 is 2.18 bits per heavy atom. The van der Waals surface area contributed by atoms with Crippen LogP contribution in [0, 0.1) is 11.8 Å². The highest BCUT2D eigenvalue weighted by atomic mass is 16.2. The quantitative estimate of drug-likeness (QED) is 0.898. The van der Waals surface area contributed by atoms with E-state index in [1.54, 1.807) is 0 Å². The van der Waals surface area contributed by atoms with E-state index in [2.05, 4.69) is 36.2 Å². The molecule has 3 unspecified atom stereocenters. The van der Waals surface area contributed by atoms with E-state index >= 15 is 0 Å². The molecule has 22 heavy (non-hydrogen) atoms. The highest BCUT2D eigenvalue weighted by Gasteiger charge is 2.41. The highest BCUT2D eigenvalue weighted by molar-refractivity contribution is 5.92. The molecule has 1 saturated carbocycles. The van der Waals surface area contributed by atoms with Crippen molar-refractivity contribution >= 4 is 11.6 Å². The van der Waals surface area contributed by atoms with E-state index in [-0.39, 0.29) is 5.91 Å². The standard InChI is InChI=1S/C18H27N3O/c1-12(2)13-4-3-5-15(8-13)20-18(22)11-21-9-14-6-7-17(19)16(14)10-21/h3-5,8,12,14,16-17H,6-7,9-11,19H2,1-2H3,(H,20,22). The molecule has 4 heteroatoms. The van der Waals surface area contributed by atoms with Gasteiger partial charge in [-0.3, -0.25) is 9.69 Å². The molecule has 1 aliphatic heterocycles. The molecule has 0 spiro atoms. The number of benzene rings is 1. The van der Waals surface area contributed by atoms with E-state index in [1.165, 1.54) is 12.0 Å². The lowest BCUT2D eigenvalue weighted by molar-refractivity contribution is -0.117. The molecule has 1 amide bonds. The van der Waals surface area contributed by atoms with Crippen molar-refractivity contribution in [2.24, 2.45) is 17.6 Å². The highest BCUT2D eigenvalue weighted by Crippen LogP contribution is 2.36. The smallest absolute Gasteiger partial charge is 0.238 e. The predicted molar refractivity (Wildman–Crippen MR) is 89.8 cm³/mol. The molecule has 1 saturated heterocycles. The van der Waals surface area contributed by atoms with Crippen molar-refractivity contribution in [1.82, 2.24) is 4.90 Å². The molecule has 1 aliphatic carbocycles. The van der Waals surface area contributed by atoms with Crippen LogP contribution < -0.4 is 11.1 Å². The van der Waals surface area contributed by atoms with Crippen LogP contribution in [0.2, 0.25) is 0 Å². The van der Waals surface area contributed by atoms with Crippen molar-refractivity contribution in [2.75, 3.05) is 25.0 Å². The number of amides is 1. The zero-order chi connectivity index (χ0) is 15.7. The summed E-state index contributed by atoms with van der Waals surface area (Å²) >= 11 is 0. The number of hydrogen-bond acceptors (Lipinski definition) is 3. The Hall–Kier alpha value is -1.39. The van der Waals surface area contributed by atoms with Gasteiger partial charge in [0, 0.05) is 24.8 Å². The van der Waals surface area contributed by atoms with E-state index in [4.69, 9.17) is 5.73 Å². The maximum absolute atomic E-state index is 12.3. The van der Waals surface area contributed by atoms with E-state index in [9.17, 15) is 4.79 Å². The number of nitrogens with two attached hydrogens (primary N) is 1. The zero-order valence-electron chi connectivity index (χ0n) is 13.6. The number of likely N-dealkylation sites (tertiary alicyclic amines) is 1. The first-order valence-corrected chi connectivity index (χ1v) is 8.40. The summed E-state index contributed by atoms with van der Waals surface area (Å²) in [6.07, 6.45) is 2.37. The second kappa shape index (κ2) is 6.39. The first-order chi connectivity index (χ1) is 10.5. The second-order valence-electron chi connectivity index (χ2n) is 7.19. The Balaban J connectivity index is 1.54. The number of carbonyl (C=O) groups is 1. The summed E-state index contributed by atoms with van der Waals surface area (Å²) < 4.78 is 0. The number of carbonyl (C=O) groups excluding carboxylic acids is 1. The van der Waals surface area contributed by atoms with Gasteiger partial charge in [0.25, 0.3) is 0 Å². The van der Waals surface area contributed by atoms with Gasteiger partial charge in [-0.1, -0.05) is 26.0 Å². The van der Waals surface area contributed by atoms with Crippen LogP contribution in [0.4, 0.5) is 5.69 Å². The number of fused-ring (bicyclic) bond motifs is 1. The summed E-state index contributed by atoms with van der Waals surface area (Å²) in [7, 11) is 0. The van der Waals surface area contributed by atoms with E-state index in [0.29, 0.717) is 30.3 Å². The number of anilines is 1. The first-order valence-electron chi connectivity index (χ1n) is 8.40. The van der Waals surface area contributed by atoms with Gasteiger partial charge in [0.2, 0.25) is 5.91 Å². The number of nitrogens with one attached hydrogen (secondary N) is 1. The largest absolute Gasteiger partial charge is 0.327 e. The lowest BCUT2D eigenvalue weighted by Gasteiger charge is -2.18. The van der Waals surface area contributed by atoms with Crippen LogP contribution in [0.3, 0.4) is 0 Å². The Kier molecular flexibility index (Phi) is 4.50. The van der Waals surface area contributed by atoms with Gasteiger partial charge in [0.1, 0.15) is 0 Å². The summed E-state index contributed by atoms with van der Waals surface area (Å²) in [6, 6.07) is 8.46. The SMILES string of the molecule is CC(C)c1cccc(NC(=O)CN2CC3CCC(N)C3C2)c1. The molecule has 0 aromatic heterocycles. The fourth-order valence-electron chi connectivity index (χ4n) is 3.91. The third-order valence-corrected chi connectivity index (χ3v) is 5.19. The molecule has 0 bridgehead atoms. The van der Waals surface area contributed by atoms with Gasteiger partial charge in [-0.05, 0) is 48.3 Å². The van der Waals surface area contributed by atoms with Crippen LogP contribution in [-0.2, 0) is 4.79 Å². The summed E-state index contributed by atoms with van der Waals surface area (Å²) in [5.41, 5.74) is 8.30. The van der Waals surface area contributed by atoms with Gasteiger partial charge >= 0.3 is 0 Å². The van der Waals surface area contributed by atoms with Gasteiger partial charge in [-0.2, -0.15) is 0 Å². The number of hydrogen-bond donors (Lipinski definition) is 2. The average Bonchev–Trinajstić information content (AvgIpc) is 3.01. The van der Waals surface area contributed by atoms with Crippen molar-refractivity contribution < 1.29 is 4.79 Å². The topological polar surface area (TPSA) is 58.4 Å². The van der Waals surface area contributed by atoms with E-state index in [0.717, 1.165) is 25.2 Å². The van der Waals surface area contributed by atoms with Crippen LogP contribution in [0.1, 0.15) is 38.2 Å². The van der Waals surface area contributed by atoms with Crippen LogP contribution in [0.5, 0.6) is 0 Å². The number of rotatable bonds is 4. The van der Waals surface area contributed by atoms with E-state index < -0.39 is 0 Å². The zero-order valence-corrected chi connectivity index (χ0v) is 13.6. The molecule has 3 N–H and O–H groups in total. The van der Waals surface area contributed by atoms with Gasteiger partial charge in [0.15, 0.2) is 0 Å². The molecule has 1 aromatic rings. The minimum Gasteiger partial charge on any atom is -0.327 e. The third-order valence-electron chi connectivity index (χ3n) is 5.19. The second-order valence-corrected chi connectivity index (χ2v) is 7.19. The van der Waals surface area contributed by atoms with E-state index in [1.807, 2.05) is 12.1 Å². The number of nitrogens with zero attached hydrogens (tertiary/aromatic N) is 1. The first kappa shape index (κ1) is 15.5. The van der Waals surface area contributed by atoms with Crippen LogP contribution in [0.15, 0.2) is 24.3 Å². The molecule has 120 valence electrons. The minimum atomic E-state index is 0.0782. The fourth-order valence-corrected chi connectivity index (χ4v) is 3.91. The monoisotopic (exact) mass is 301 g/mol. The molecule has 0 radical (unpaired) electrons. The molecule has 3 atom stereocenters. The van der Waals surface area contributed by atoms with Crippen LogP contribution in [-0.4, -0.2) is 36.5 Å². The molecular weight excluding hydrogens is 274 g/mol. The molecular formula is C18H27N3O. The Labute approximate surface area is 133 Å². The van der Waals surface area contributed by atoms with Crippen molar-refractivity contribution in [3.63, 3.8) is 0 Å². The molecule has 1 heterocycles. The summed E-state index contributed by atoms with van der Waals surface area (Å²) in [6.45, 7) is 6.80. The molecule has 1 aromatic carbocycles.